The molecule has 5 heteroatoms. The topological polar surface area (TPSA) is 4.93 Å². The molecular formula is C34H34Cl2NSiZr. The molecule has 3 aromatic carbocycles. The maximum absolute atomic E-state index is 2.51. The Balaban J connectivity index is 0.000000172. The van der Waals surface area contributed by atoms with E-state index >= 15 is 0 Å². The average molecular weight is 647 g/mol. The van der Waals surface area contributed by atoms with E-state index in [9.17, 15) is 0 Å². The minimum atomic E-state index is -1.12. The van der Waals surface area contributed by atoms with E-state index in [1.165, 1.54) is 33.5 Å². The molecule has 4 aromatic rings. The number of allylic oxidation sites excluding steroid dienone is 2. The summed E-state index contributed by atoms with van der Waals surface area (Å²) in [6.07, 6.45) is 7.13. The molecule has 2 aliphatic carbocycles. The minimum absolute atomic E-state index is 0. The minimum Gasteiger partial charge on any atom is -1.00 e. The quantitative estimate of drug-likeness (QED) is 0.302. The number of aromatic nitrogens is 1. The van der Waals surface area contributed by atoms with Crippen molar-refractivity contribution in [3.05, 3.63) is 125 Å². The Bertz CT molecular complexity index is 1550. The summed E-state index contributed by atoms with van der Waals surface area (Å²) in [6, 6.07) is 28.1. The van der Waals surface area contributed by atoms with Crippen molar-refractivity contribution in [2.45, 2.75) is 43.0 Å². The number of para-hydroxylation sites is 1. The Hall–Kier alpha value is -1.90. The van der Waals surface area contributed by atoms with Gasteiger partial charge in [-0.3, -0.25) is 0 Å². The number of nitrogens with zero attached hydrogens (tertiary/aromatic N) is 1. The van der Waals surface area contributed by atoms with E-state index in [1.807, 2.05) is 0 Å². The van der Waals surface area contributed by atoms with Gasteiger partial charge in [0.25, 0.3) is 0 Å². The van der Waals surface area contributed by atoms with Gasteiger partial charge in [-0.2, -0.15) is 0 Å². The number of hydrogen-bond acceptors (Lipinski definition) is 0. The normalized spacial score (nSPS) is 19.1. The van der Waals surface area contributed by atoms with Crippen molar-refractivity contribution in [2.75, 3.05) is 0 Å². The monoisotopic (exact) mass is 644 g/mol. The molecule has 0 saturated carbocycles. The van der Waals surface area contributed by atoms with Crippen LogP contribution in [0.3, 0.4) is 0 Å². The van der Waals surface area contributed by atoms with Crippen molar-refractivity contribution in [3.63, 3.8) is 0 Å². The first-order valence-corrected chi connectivity index (χ1v) is 17.9. The largest absolute Gasteiger partial charge is 1.00 e. The van der Waals surface area contributed by atoms with Crippen molar-refractivity contribution < 1.29 is 49.5 Å². The summed E-state index contributed by atoms with van der Waals surface area (Å²) in [5.74, 6) is 0.639. The van der Waals surface area contributed by atoms with Crippen LogP contribution in [0.25, 0.3) is 28.1 Å². The van der Waals surface area contributed by atoms with Crippen molar-refractivity contribution in [1.29, 1.82) is 0 Å². The number of hydrogen-bond donors (Lipinski definition) is 0. The van der Waals surface area contributed by atoms with Crippen LogP contribution in [0.2, 0.25) is 13.1 Å². The number of fused-ring (bicyclic) bond motifs is 1. The SMILES string of the molecule is CC(C)C1=Cc2c(-c3ccccc3)cccc2[CH]1[Zr+2].CC1=C2c3cn(-c4ccccc4)cc3C1[Si]2(C)C.[Cl-].[Cl-]. The van der Waals surface area contributed by atoms with Crippen LogP contribution in [-0.4, -0.2) is 12.6 Å². The molecule has 0 spiro atoms. The Labute approximate surface area is 262 Å². The molecule has 1 aromatic heterocycles. The van der Waals surface area contributed by atoms with Crippen LogP contribution in [0.15, 0.2) is 102 Å². The molecule has 2 unspecified atom stereocenters. The zero-order valence-electron chi connectivity index (χ0n) is 23.2. The molecule has 4 aliphatic rings. The molecule has 0 N–H and O–H groups in total. The molecule has 8 rings (SSSR count). The van der Waals surface area contributed by atoms with Crippen LogP contribution in [0.4, 0.5) is 0 Å². The molecule has 2 aliphatic heterocycles. The standard InChI is InChI=1S/C18H17.C16H17NSi.2ClH.Zr/c1-13(2)16-11-15-9-6-10-17(18(15)12-16)14-7-4-3-5-8-14;1-11-15-13-9-17(12-7-5-4-6-8-12)10-14(13)16(11)18(15,2)3;;;/h3-13H,1-2H3;4-10,15H,1-3H3;2*1H;/q;;;;+2/p-2. The predicted octanol–water partition coefficient (Wildman–Crippen LogP) is 3.15. The molecule has 0 saturated heterocycles. The molecule has 0 amide bonds. The van der Waals surface area contributed by atoms with Crippen LogP contribution in [0.5, 0.6) is 0 Å². The predicted molar refractivity (Wildman–Crippen MR) is 156 cm³/mol. The molecule has 0 radical (unpaired) electrons. The van der Waals surface area contributed by atoms with Gasteiger partial charge in [-0.25, -0.2) is 0 Å². The second kappa shape index (κ2) is 11.5. The van der Waals surface area contributed by atoms with Crippen molar-refractivity contribution in [2.24, 2.45) is 5.92 Å². The maximum Gasteiger partial charge on any atom is 0.0931 e. The first-order valence-electron chi connectivity index (χ1n) is 13.4. The number of benzene rings is 3. The van der Waals surface area contributed by atoms with Gasteiger partial charge in [0.1, 0.15) is 0 Å². The van der Waals surface area contributed by atoms with Crippen molar-refractivity contribution in [3.8, 4) is 16.8 Å². The summed E-state index contributed by atoms with van der Waals surface area (Å²) in [4.78, 5) is 0. The Morgan fingerprint density at radius 1 is 0.769 bits per heavy atom. The molecule has 39 heavy (non-hydrogen) atoms. The van der Waals surface area contributed by atoms with Crippen molar-refractivity contribution >= 4 is 19.3 Å². The molecule has 197 valence electrons. The fourth-order valence-corrected chi connectivity index (χ4v) is 12.9. The Kier molecular flexibility index (Phi) is 8.89. The Morgan fingerprint density at radius 3 is 2.00 bits per heavy atom. The third-order valence-electron chi connectivity index (χ3n) is 8.53. The summed E-state index contributed by atoms with van der Waals surface area (Å²) in [7, 11) is -1.12. The number of halogens is 2. The maximum atomic E-state index is 2.51. The zero-order chi connectivity index (χ0) is 25.9. The van der Waals surface area contributed by atoms with E-state index in [0.717, 1.165) is 5.54 Å². The smallest absolute Gasteiger partial charge is 0.0931 e. The molecule has 2 atom stereocenters. The van der Waals surface area contributed by atoms with Gasteiger partial charge in [-0.15, -0.1) is 0 Å². The van der Waals surface area contributed by atoms with Gasteiger partial charge < -0.3 is 29.4 Å². The summed E-state index contributed by atoms with van der Waals surface area (Å²) in [5.41, 5.74) is 14.1. The molecule has 1 nitrogen and oxygen atoms in total. The van der Waals surface area contributed by atoms with E-state index < -0.39 is 8.07 Å². The van der Waals surface area contributed by atoms with Gasteiger partial charge in [-0.1, -0.05) is 42.1 Å². The summed E-state index contributed by atoms with van der Waals surface area (Å²) >= 11 is 1.60. The van der Waals surface area contributed by atoms with E-state index in [2.05, 4.69) is 136 Å². The van der Waals surface area contributed by atoms with Gasteiger partial charge in [0, 0.05) is 23.6 Å². The van der Waals surface area contributed by atoms with Crippen LogP contribution in [-0.2, 0) is 24.7 Å². The van der Waals surface area contributed by atoms with E-state index in [1.54, 1.807) is 46.6 Å². The first-order chi connectivity index (χ1) is 17.8. The van der Waals surface area contributed by atoms with Gasteiger partial charge in [0.15, 0.2) is 0 Å². The van der Waals surface area contributed by atoms with Crippen LogP contribution < -0.4 is 24.8 Å². The van der Waals surface area contributed by atoms with Crippen LogP contribution >= 0.6 is 0 Å². The van der Waals surface area contributed by atoms with Gasteiger partial charge in [0.05, 0.1) is 8.07 Å². The van der Waals surface area contributed by atoms with Crippen molar-refractivity contribution in [1.82, 2.24) is 4.57 Å². The molecule has 2 bridgehead atoms. The molecular weight excluding hydrogens is 613 g/mol. The van der Waals surface area contributed by atoms with Gasteiger partial charge in [-0.05, 0) is 30.2 Å². The van der Waals surface area contributed by atoms with Gasteiger partial charge in [0.2, 0.25) is 0 Å². The third kappa shape index (κ3) is 4.95. The summed E-state index contributed by atoms with van der Waals surface area (Å²) in [6.45, 7) is 11.9. The second-order valence-electron chi connectivity index (χ2n) is 11.5. The average Bonchev–Trinajstić information content (AvgIpc) is 3.59. The number of rotatable bonds is 3. The molecule has 3 heterocycles. The molecule has 0 fully saturated rings. The van der Waals surface area contributed by atoms with E-state index in [4.69, 9.17) is 0 Å². The summed E-state index contributed by atoms with van der Waals surface area (Å²) in [5, 5.41) is 1.72. The third-order valence-corrected chi connectivity index (χ3v) is 14.3. The zero-order valence-corrected chi connectivity index (χ0v) is 28.1. The fourth-order valence-electron chi connectivity index (χ4n) is 6.90. The first kappa shape index (κ1) is 30.1. The Morgan fingerprint density at radius 2 is 1.41 bits per heavy atom. The van der Waals surface area contributed by atoms with Crippen LogP contribution in [0, 0.1) is 5.92 Å². The fraction of sp³-hybridized carbons (Fsp3) is 0.235. The van der Waals surface area contributed by atoms with Crippen LogP contribution in [0.1, 0.15) is 52.2 Å². The van der Waals surface area contributed by atoms with Gasteiger partial charge >= 0.3 is 131 Å². The summed E-state index contributed by atoms with van der Waals surface area (Å²) < 4.78 is 2.93. The van der Waals surface area contributed by atoms with E-state index in [-0.39, 0.29) is 24.8 Å². The van der Waals surface area contributed by atoms with E-state index in [0.29, 0.717) is 9.54 Å². The second-order valence-corrected chi connectivity index (χ2v) is 17.4.